The van der Waals surface area contributed by atoms with Crippen LogP contribution in [0, 0.1) is 0 Å². The zero-order chi connectivity index (χ0) is 19.5. The molecule has 5 rings (SSSR count). The predicted octanol–water partition coefficient (Wildman–Crippen LogP) is 4.75. The van der Waals surface area contributed by atoms with E-state index in [1.165, 1.54) is 4.90 Å². The van der Waals surface area contributed by atoms with Crippen LogP contribution in [0.2, 0.25) is 0 Å². The summed E-state index contributed by atoms with van der Waals surface area (Å²) in [5, 5.41) is 1.15. The van der Waals surface area contributed by atoms with Crippen LogP contribution >= 0.6 is 11.8 Å². The highest BCUT2D eigenvalue weighted by atomic mass is 32.2. The van der Waals surface area contributed by atoms with Crippen molar-refractivity contribution in [1.29, 1.82) is 0 Å². The lowest BCUT2D eigenvalue weighted by Gasteiger charge is -2.28. The van der Waals surface area contributed by atoms with Crippen molar-refractivity contribution in [2.75, 3.05) is 31.2 Å². The van der Waals surface area contributed by atoms with Crippen LogP contribution in [0.4, 0.5) is 5.82 Å². The highest BCUT2D eigenvalue weighted by Crippen LogP contribution is 2.29. The van der Waals surface area contributed by atoms with E-state index < -0.39 is 0 Å². The van der Waals surface area contributed by atoms with E-state index in [9.17, 15) is 0 Å². The number of aromatic nitrogens is 3. The van der Waals surface area contributed by atoms with Crippen molar-refractivity contribution in [3.05, 3.63) is 72.6 Å². The zero-order valence-corrected chi connectivity index (χ0v) is 16.9. The molecular formula is C23H22N4OS. The SMILES string of the molecule is c1ccc(SCc2cc(N3CCOCC3)nc(-c3cccc4[nH]ccc34)n2)cc1. The molecule has 2 aromatic heterocycles. The lowest BCUT2D eigenvalue weighted by molar-refractivity contribution is 0.122. The number of thioether (sulfide) groups is 1. The Kier molecular flexibility index (Phi) is 5.19. The molecule has 6 heteroatoms. The fourth-order valence-electron chi connectivity index (χ4n) is 3.59. The second kappa shape index (κ2) is 8.27. The van der Waals surface area contributed by atoms with Gasteiger partial charge < -0.3 is 14.6 Å². The second-order valence-electron chi connectivity index (χ2n) is 6.99. The molecule has 1 N–H and O–H groups in total. The van der Waals surface area contributed by atoms with Gasteiger partial charge in [-0.2, -0.15) is 0 Å². The van der Waals surface area contributed by atoms with Gasteiger partial charge in [0.2, 0.25) is 0 Å². The minimum absolute atomic E-state index is 0.737. The molecule has 146 valence electrons. The highest BCUT2D eigenvalue weighted by Gasteiger charge is 2.17. The molecule has 1 fully saturated rings. The first kappa shape index (κ1) is 18.2. The summed E-state index contributed by atoms with van der Waals surface area (Å²) in [6.07, 6.45) is 1.96. The third kappa shape index (κ3) is 3.99. The van der Waals surface area contributed by atoms with Crippen LogP contribution in [-0.2, 0) is 10.5 Å². The Hall–Kier alpha value is -2.83. The van der Waals surface area contributed by atoms with Gasteiger partial charge in [-0.15, -0.1) is 11.8 Å². The quantitative estimate of drug-likeness (QED) is 0.488. The number of anilines is 1. The van der Waals surface area contributed by atoms with Crippen molar-refractivity contribution in [1.82, 2.24) is 15.0 Å². The van der Waals surface area contributed by atoms with E-state index in [0.29, 0.717) is 0 Å². The first-order valence-electron chi connectivity index (χ1n) is 9.82. The molecule has 5 nitrogen and oxygen atoms in total. The summed E-state index contributed by atoms with van der Waals surface area (Å²) >= 11 is 1.80. The summed E-state index contributed by atoms with van der Waals surface area (Å²) in [7, 11) is 0. The van der Waals surface area contributed by atoms with Gasteiger partial charge in [-0.05, 0) is 24.3 Å². The van der Waals surface area contributed by atoms with Crippen molar-refractivity contribution in [2.45, 2.75) is 10.6 Å². The van der Waals surface area contributed by atoms with Crippen LogP contribution in [0.1, 0.15) is 5.69 Å². The van der Waals surface area contributed by atoms with Crippen molar-refractivity contribution in [3.63, 3.8) is 0 Å². The lowest BCUT2D eigenvalue weighted by Crippen LogP contribution is -2.37. The van der Waals surface area contributed by atoms with Gasteiger partial charge in [0.15, 0.2) is 5.82 Å². The number of nitrogens with zero attached hydrogens (tertiary/aromatic N) is 3. The van der Waals surface area contributed by atoms with Crippen molar-refractivity contribution in [2.24, 2.45) is 0 Å². The third-order valence-corrected chi connectivity index (χ3v) is 6.11. The topological polar surface area (TPSA) is 54.0 Å². The summed E-state index contributed by atoms with van der Waals surface area (Å²) in [5.74, 6) is 2.57. The van der Waals surface area contributed by atoms with Gasteiger partial charge >= 0.3 is 0 Å². The zero-order valence-electron chi connectivity index (χ0n) is 16.0. The standard InChI is InChI=1S/C23H22N4OS/c1-2-5-18(6-3-1)29-16-17-15-22(27-11-13-28-14-12-27)26-23(25-17)20-7-4-8-21-19(20)9-10-24-21/h1-10,15,24H,11-14,16H2. The summed E-state index contributed by atoms with van der Waals surface area (Å²) < 4.78 is 5.53. The Balaban J connectivity index is 1.53. The minimum Gasteiger partial charge on any atom is -0.378 e. The molecule has 1 aliphatic heterocycles. The molecular weight excluding hydrogens is 380 g/mol. The van der Waals surface area contributed by atoms with Gasteiger partial charge in [-0.3, -0.25) is 0 Å². The molecule has 0 amide bonds. The third-order valence-electron chi connectivity index (χ3n) is 5.07. The highest BCUT2D eigenvalue weighted by molar-refractivity contribution is 7.98. The number of morpholine rings is 1. The fraction of sp³-hybridized carbons (Fsp3) is 0.217. The maximum atomic E-state index is 5.53. The van der Waals surface area contributed by atoms with Crippen LogP contribution < -0.4 is 4.90 Å². The lowest BCUT2D eigenvalue weighted by atomic mass is 10.1. The molecule has 2 aromatic carbocycles. The molecule has 0 aliphatic carbocycles. The first-order chi connectivity index (χ1) is 14.4. The molecule has 3 heterocycles. The molecule has 0 unspecified atom stereocenters. The van der Waals surface area contributed by atoms with Gasteiger partial charge in [0.1, 0.15) is 5.82 Å². The van der Waals surface area contributed by atoms with Gasteiger partial charge in [-0.25, -0.2) is 9.97 Å². The van der Waals surface area contributed by atoms with E-state index >= 15 is 0 Å². The molecule has 0 spiro atoms. The van der Waals surface area contributed by atoms with Crippen molar-refractivity contribution in [3.8, 4) is 11.4 Å². The Bertz CT molecular complexity index is 1110. The van der Waals surface area contributed by atoms with E-state index in [1.54, 1.807) is 11.8 Å². The van der Waals surface area contributed by atoms with Gasteiger partial charge in [0.05, 0.1) is 18.9 Å². The van der Waals surface area contributed by atoms with E-state index in [4.69, 9.17) is 14.7 Å². The number of fused-ring (bicyclic) bond motifs is 1. The average Bonchev–Trinajstić information content (AvgIpc) is 3.28. The Morgan fingerprint density at radius 3 is 2.69 bits per heavy atom. The van der Waals surface area contributed by atoms with E-state index in [0.717, 1.165) is 65.9 Å². The Morgan fingerprint density at radius 1 is 0.966 bits per heavy atom. The van der Waals surface area contributed by atoms with Gasteiger partial charge in [0.25, 0.3) is 0 Å². The molecule has 0 atom stereocenters. The smallest absolute Gasteiger partial charge is 0.162 e. The number of benzene rings is 2. The summed E-state index contributed by atoms with van der Waals surface area (Å²) in [6.45, 7) is 3.19. The van der Waals surface area contributed by atoms with Crippen molar-refractivity contribution >= 4 is 28.5 Å². The number of nitrogens with one attached hydrogen (secondary N) is 1. The summed E-state index contributed by atoms with van der Waals surface area (Å²) in [6, 6.07) is 20.9. The molecule has 4 aromatic rings. The maximum Gasteiger partial charge on any atom is 0.162 e. The number of ether oxygens (including phenoxy) is 1. The van der Waals surface area contributed by atoms with Crippen LogP contribution in [0.5, 0.6) is 0 Å². The second-order valence-corrected chi connectivity index (χ2v) is 8.04. The van der Waals surface area contributed by atoms with Crippen LogP contribution in [-0.4, -0.2) is 41.3 Å². The number of hydrogen-bond acceptors (Lipinski definition) is 5. The molecule has 0 radical (unpaired) electrons. The monoisotopic (exact) mass is 402 g/mol. The van der Waals surface area contributed by atoms with Gasteiger partial charge in [0, 0.05) is 52.5 Å². The Labute approximate surface area is 174 Å². The largest absolute Gasteiger partial charge is 0.378 e. The fourth-order valence-corrected chi connectivity index (χ4v) is 4.40. The first-order valence-corrected chi connectivity index (χ1v) is 10.8. The summed E-state index contributed by atoms with van der Waals surface area (Å²) in [5.41, 5.74) is 3.20. The summed E-state index contributed by atoms with van der Waals surface area (Å²) in [4.78, 5) is 16.7. The molecule has 0 bridgehead atoms. The van der Waals surface area contributed by atoms with Crippen LogP contribution in [0.15, 0.2) is 71.8 Å². The number of rotatable bonds is 5. The molecule has 29 heavy (non-hydrogen) atoms. The van der Waals surface area contributed by atoms with Crippen molar-refractivity contribution < 1.29 is 4.74 Å². The Morgan fingerprint density at radius 2 is 1.83 bits per heavy atom. The normalized spacial score (nSPS) is 14.4. The van der Waals surface area contributed by atoms with E-state index in [1.807, 2.05) is 12.3 Å². The maximum absolute atomic E-state index is 5.53. The van der Waals surface area contributed by atoms with E-state index in [2.05, 4.69) is 64.5 Å². The van der Waals surface area contributed by atoms with Gasteiger partial charge in [-0.1, -0.05) is 30.3 Å². The molecule has 1 saturated heterocycles. The minimum atomic E-state index is 0.737. The number of hydrogen-bond donors (Lipinski definition) is 1. The molecule has 1 aliphatic rings. The number of aromatic amines is 1. The van der Waals surface area contributed by atoms with Crippen LogP contribution in [0.25, 0.3) is 22.3 Å². The number of H-pyrrole nitrogens is 1. The molecule has 0 saturated carbocycles. The average molecular weight is 403 g/mol. The van der Waals surface area contributed by atoms with Crippen LogP contribution in [0.3, 0.4) is 0 Å². The van der Waals surface area contributed by atoms with E-state index in [-0.39, 0.29) is 0 Å². The predicted molar refractivity (Wildman–Crippen MR) is 118 cm³/mol.